The number of H-pyrrole nitrogens is 1. The van der Waals surface area contributed by atoms with Gasteiger partial charge in [0.15, 0.2) is 0 Å². The number of hydrogen-bond donors (Lipinski definition) is 2. The molecule has 0 atom stereocenters. The number of nitrogens with one attached hydrogen (secondary N) is 2. The standard InChI is InChI=1S/C11H14N4/c1-2-5-13-10(3-1)4-6-12-9-11-14-7-8-15-11/h1-3,5,7-8,12H,4,6,9H2,(H,14,15). The second-order valence-electron chi connectivity index (χ2n) is 3.28. The van der Waals surface area contributed by atoms with Crippen molar-refractivity contribution in [2.75, 3.05) is 6.54 Å². The van der Waals surface area contributed by atoms with Gasteiger partial charge in [0, 0.05) is 37.3 Å². The van der Waals surface area contributed by atoms with Crippen LogP contribution < -0.4 is 5.32 Å². The summed E-state index contributed by atoms with van der Waals surface area (Å²) in [5.41, 5.74) is 1.12. The monoisotopic (exact) mass is 202 g/mol. The number of hydrogen-bond acceptors (Lipinski definition) is 3. The van der Waals surface area contributed by atoms with Crippen molar-refractivity contribution < 1.29 is 0 Å². The zero-order chi connectivity index (χ0) is 10.3. The number of imidazole rings is 1. The van der Waals surface area contributed by atoms with Crippen molar-refractivity contribution in [3.8, 4) is 0 Å². The van der Waals surface area contributed by atoms with Crippen LogP contribution in [0.3, 0.4) is 0 Å². The van der Waals surface area contributed by atoms with E-state index in [1.54, 1.807) is 6.20 Å². The van der Waals surface area contributed by atoms with Gasteiger partial charge in [0.25, 0.3) is 0 Å². The van der Waals surface area contributed by atoms with Crippen LogP contribution in [0.15, 0.2) is 36.8 Å². The minimum absolute atomic E-state index is 0.778. The fourth-order valence-corrected chi connectivity index (χ4v) is 1.36. The Hall–Kier alpha value is -1.68. The minimum Gasteiger partial charge on any atom is -0.348 e. The van der Waals surface area contributed by atoms with Gasteiger partial charge in [-0.1, -0.05) is 6.07 Å². The largest absolute Gasteiger partial charge is 0.348 e. The molecule has 2 N–H and O–H groups in total. The van der Waals surface area contributed by atoms with E-state index >= 15 is 0 Å². The molecule has 78 valence electrons. The van der Waals surface area contributed by atoms with E-state index < -0.39 is 0 Å². The molecule has 0 aliphatic carbocycles. The zero-order valence-electron chi connectivity index (χ0n) is 8.48. The summed E-state index contributed by atoms with van der Waals surface area (Å²) >= 11 is 0. The van der Waals surface area contributed by atoms with Crippen LogP contribution in [0.25, 0.3) is 0 Å². The first-order chi connectivity index (χ1) is 7.45. The first-order valence-corrected chi connectivity index (χ1v) is 5.04. The Bertz CT molecular complexity index is 369. The van der Waals surface area contributed by atoms with Crippen LogP contribution in [-0.4, -0.2) is 21.5 Å². The number of nitrogens with zero attached hydrogens (tertiary/aromatic N) is 2. The summed E-state index contributed by atoms with van der Waals surface area (Å²) in [5.74, 6) is 0.969. The molecule has 15 heavy (non-hydrogen) atoms. The maximum absolute atomic E-state index is 4.25. The summed E-state index contributed by atoms with van der Waals surface area (Å²) in [6.45, 7) is 1.69. The molecule has 0 radical (unpaired) electrons. The lowest BCUT2D eigenvalue weighted by molar-refractivity contribution is 0.659. The Kier molecular flexibility index (Phi) is 3.46. The molecule has 0 saturated heterocycles. The van der Waals surface area contributed by atoms with Gasteiger partial charge in [-0.15, -0.1) is 0 Å². The first kappa shape index (κ1) is 9.86. The molecule has 4 heteroatoms. The fourth-order valence-electron chi connectivity index (χ4n) is 1.36. The van der Waals surface area contributed by atoms with E-state index in [9.17, 15) is 0 Å². The molecule has 0 bridgehead atoms. The molecule has 0 fully saturated rings. The fraction of sp³-hybridized carbons (Fsp3) is 0.273. The van der Waals surface area contributed by atoms with Gasteiger partial charge < -0.3 is 10.3 Å². The lowest BCUT2D eigenvalue weighted by atomic mass is 10.3. The summed E-state index contributed by atoms with van der Waals surface area (Å²) in [4.78, 5) is 11.4. The van der Waals surface area contributed by atoms with Crippen molar-refractivity contribution in [3.63, 3.8) is 0 Å². The van der Waals surface area contributed by atoms with Gasteiger partial charge in [0.1, 0.15) is 5.82 Å². The SMILES string of the molecule is c1ccc(CCNCc2ncc[nH]2)nc1. The van der Waals surface area contributed by atoms with E-state index in [2.05, 4.69) is 20.3 Å². The molecule has 0 amide bonds. The second kappa shape index (κ2) is 5.26. The average Bonchev–Trinajstić information content (AvgIpc) is 2.79. The van der Waals surface area contributed by atoms with E-state index in [1.807, 2.05) is 30.6 Å². The maximum atomic E-state index is 4.25. The molecular formula is C11H14N4. The summed E-state index contributed by atoms with van der Waals surface area (Å²) < 4.78 is 0. The molecule has 0 saturated carbocycles. The topological polar surface area (TPSA) is 53.6 Å². The van der Waals surface area contributed by atoms with Crippen LogP contribution in [0.5, 0.6) is 0 Å². The predicted molar refractivity (Wildman–Crippen MR) is 58.2 cm³/mol. The highest BCUT2D eigenvalue weighted by Crippen LogP contribution is 1.93. The average molecular weight is 202 g/mol. The van der Waals surface area contributed by atoms with Gasteiger partial charge in [-0.05, 0) is 12.1 Å². The molecule has 2 heterocycles. The van der Waals surface area contributed by atoms with E-state index in [4.69, 9.17) is 0 Å². The summed E-state index contributed by atoms with van der Waals surface area (Å²) in [7, 11) is 0. The molecular weight excluding hydrogens is 188 g/mol. The van der Waals surface area contributed by atoms with Crippen molar-refractivity contribution >= 4 is 0 Å². The highest BCUT2D eigenvalue weighted by atomic mass is 15.0. The molecule has 2 rings (SSSR count). The third-order valence-electron chi connectivity index (χ3n) is 2.13. The number of rotatable bonds is 5. The van der Waals surface area contributed by atoms with Gasteiger partial charge >= 0.3 is 0 Å². The van der Waals surface area contributed by atoms with Crippen LogP contribution in [-0.2, 0) is 13.0 Å². The molecule has 0 spiro atoms. The van der Waals surface area contributed by atoms with Crippen molar-refractivity contribution in [2.24, 2.45) is 0 Å². The predicted octanol–water partition coefficient (Wildman–Crippen LogP) is 1.14. The normalized spacial score (nSPS) is 10.4. The number of aromatic nitrogens is 3. The molecule has 4 nitrogen and oxygen atoms in total. The zero-order valence-corrected chi connectivity index (χ0v) is 8.48. The number of aromatic amines is 1. The molecule has 2 aromatic rings. The lowest BCUT2D eigenvalue weighted by Crippen LogP contribution is -2.17. The third kappa shape index (κ3) is 3.18. The van der Waals surface area contributed by atoms with E-state index in [0.717, 1.165) is 31.0 Å². The van der Waals surface area contributed by atoms with Gasteiger partial charge in [-0.25, -0.2) is 4.98 Å². The minimum atomic E-state index is 0.778. The Balaban J connectivity index is 1.68. The van der Waals surface area contributed by atoms with Crippen molar-refractivity contribution in [2.45, 2.75) is 13.0 Å². The van der Waals surface area contributed by atoms with Crippen LogP contribution >= 0.6 is 0 Å². The highest BCUT2D eigenvalue weighted by molar-refractivity contribution is 5.03. The third-order valence-corrected chi connectivity index (χ3v) is 2.13. The Morgan fingerprint density at radius 1 is 1.20 bits per heavy atom. The highest BCUT2D eigenvalue weighted by Gasteiger charge is 1.95. The summed E-state index contributed by atoms with van der Waals surface area (Å²) in [6, 6.07) is 5.98. The first-order valence-electron chi connectivity index (χ1n) is 5.04. The van der Waals surface area contributed by atoms with Crippen LogP contribution in [0, 0.1) is 0 Å². The Morgan fingerprint density at radius 3 is 2.93 bits per heavy atom. The van der Waals surface area contributed by atoms with Gasteiger partial charge in [-0.2, -0.15) is 0 Å². The maximum Gasteiger partial charge on any atom is 0.120 e. The second-order valence-corrected chi connectivity index (χ2v) is 3.28. The molecule has 0 aromatic carbocycles. The van der Waals surface area contributed by atoms with Crippen LogP contribution in [0.1, 0.15) is 11.5 Å². The Morgan fingerprint density at radius 2 is 2.20 bits per heavy atom. The summed E-state index contributed by atoms with van der Waals surface area (Å²) in [5, 5.41) is 3.30. The molecule has 2 aromatic heterocycles. The van der Waals surface area contributed by atoms with E-state index in [1.165, 1.54) is 0 Å². The van der Waals surface area contributed by atoms with Gasteiger partial charge in [-0.3, -0.25) is 4.98 Å². The molecule has 0 aliphatic heterocycles. The van der Waals surface area contributed by atoms with Crippen LogP contribution in [0.4, 0.5) is 0 Å². The summed E-state index contributed by atoms with van der Waals surface area (Å²) in [6.07, 6.45) is 6.36. The van der Waals surface area contributed by atoms with Gasteiger partial charge in [0.05, 0.1) is 6.54 Å². The lowest BCUT2D eigenvalue weighted by Gasteiger charge is -2.01. The van der Waals surface area contributed by atoms with Gasteiger partial charge in [0.2, 0.25) is 0 Å². The molecule has 0 unspecified atom stereocenters. The van der Waals surface area contributed by atoms with Crippen LogP contribution in [0.2, 0.25) is 0 Å². The van der Waals surface area contributed by atoms with Crippen molar-refractivity contribution in [1.82, 2.24) is 20.3 Å². The van der Waals surface area contributed by atoms with E-state index in [0.29, 0.717) is 0 Å². The number of pyridine rings is 1. The quantitative estimate of drug-likeness (QED) is 0.715. The van der Waals surface area contributed by atoms with E-state index in [-0.39, 0.29) is 0 Å². The van der Waals surface area contributed by atoms with Crippen molar-refractivity contribution in [1.29, 1.82) is 0 Å². The molecule has 0 aliphatic rings. The smallest absolute Gasteiger partial charge is 0.120 e. The Labute approximate surface area is 88.8 Å². The van der Waals surface area contributed by atoms with Crippen molar-refractivity contribution in [3.05, 3.63) is 48.3 Å².